The lowest BCUT2D eigenvalue weighted by atomic mass is 9.96. The highest BCUT2D eigenvalue weighted by Crippen LogP contribution is 2.48. The van der Waals surface area contributed by atoms with Crippen LogP contribution in [0.15, 0.2) is 42.7 Å². The molecule has 1 unspecified atom stereocenters. The Balaban J connectivity index is 1.58. The van der Waals surface area contributed by atoms with Crippen molar-refractivity contribution in [1.29, 1.82) is 5.26 Å². The number of nitro benzene ring substituents is 1. The first-order valence-electron chi connectivity index (χ1n) is 14.0. The SMILES string of the molecule is CCC(CC)COC(=O)[C@H](C)NP(=O)(OC[C@@]1(C#N)O[C@@H](c2ccc3c(N)ncnn23)[C@H](O)[C@@H]1O)Oc1ccc([N+](=O)[O-])cc1. The van der Waals surface area contributed by atoms with Crippen LogP contribution in [0.2, 0.25) is 0 Å². The molecule has 0 saturated carbocycles. The van der Waals surface area contributed by atoms with Crippen LogP contribution in [-0.4, -0.2) is 72.8 Å². The Morgan fingerprint density at radius 2 is 1.98 bits per heavy atom. The van der Waals surface area contributed by atoms with E-state index in [9.17, 15) is 34.9 Å². The molecule has 1 aliphatic rings. The number of carbonyl (C=O) groups is 1. The fourth-order valence-electron chi connectivity index (χ4n) is 4.65. The second-order valence-corrected chi connectivity index (χ2v) is 12.1. The number of nitrogens with zero attached hydrogens (tertiary/aromatic N) is 5. The zero-order valence-electron chi connectivity index (χ0n) is 24.7. The minimum Gasteiger partial charge on any atom is -0.464 e. The quantitative estimate of drug-likeness (QED) is 0.0849. The molecule has 0 radical (unpaired) electrons. The van der Waals surface area contributed by atoms with Crippen molar-refractivity contribution in [3.63, 3.8) is 0 Å². The van der Waals surface area contributed by atoms with Crippen LogP contribution < -0.4 is 15.3 Å². The first-order valence-corrected chi connectivity index (χ1v) is 15.6. The molecule has 1 saturated heterocycles. The number of hydrogen-bond acceptors (Lipinski definition) is 14. The topological polar surface area (TPSA) is 247 Å². The van der Waals surface area contributed by atoms with Crippen LogP contribution in [0.5, 0.6) is 5.75 Å². The molecule has 1 aliphatic heterocycles. The van der Waals surface area contributed by atoms with Gasteiger partial charge in [0.05, 0.1) is 17.2 Å². The van der Waals surface area contributed by atoms with Gasteiger partial charge in [0.25, 0.3) is 5.69 Å². The Morgan fingerprint density at radius 3 is 2.60 bits per heavy atom. The highest BCUT2D eigenvalue weighted by Gasteiger charge is 2.57. The zero-order valence-corrected chi connectivity index (χ0v) is 25.6. The number of ether oxygens (including phenoxy) is 2. The van der Waals surface area contributed by atoms with E-state index in [1.807, 2.05) is 13.8 Å². The minimum absolute atomic E-state index is 0.122. The second-order valence-electron chi connectivity index (χ2n) is 10.5. The van der Waals surface area contributed by atoms with Crippen molar-refractivity contribution in [1.82, 2.24) is 19.7 Å². The van der Waals surface area contributed by atoms with Gasteiger partial charge in [0.1, 0.15) is 54.6 Å². The predicted octanol–water partition coefficient (Wildman–Crippen LogP) is 2.44. The number of hydrogen-bond donors (Lipinski definition) is 4. The van der Waals surface area contributed by atoms with Gasteiger partial charge < -0.3 is 29.9 Å². The average Bonchev–Trinajstić information content (AvgIpc) is 3.56. The van der Waals surface area contributed by atoms with Gasteiger partial charge in [0.2, 0.25) is 5.60 Å². The number of fused-ring (bicyclic) bond motifs is 1. The van der Waals surface area contributed by atoms with Crippen molar-refractivity contribution < 1.29 is 43.0 Å². The number of nitrogens with one attached hydrogen (secondary N) is 1. The molecule has 0 amide bonds. The highest BCUT2D eigenvalue weighted by molar-refractivity contribution is 7.52. The molecule has 3 heterocycles. The average molecular weight is 648 g/mol. The van der Waals surface area contributed by atoms with E-state index in [0.29, 0.717) is 5.52 Å². The normalized spacial score (nSPS) is 23.4. The first-order chi connectivity index (χ1) is 21.4. The number of esters is 1. The van der Waals surface area contributed by atoms with E-state index in [-0.39, 0.29) is 35.5 Å². The van der Waals surface area contributed by atoms with E-state index in [1.54, 1.807) is 12.1 Å². The zero-order chi connectivity index (χ0) is 32.9. The molecule has 2 aromatic heterocycles. The van der Waals surface area contributed by atoms with E-state index in [0.717, 1.165) is 37.1 Å². The Hall–Kier alpha value is -4.17. The molecule has 242 valence electrons. The number of non-ortho nitro benzene ring substituents is 1. The third-order valence-corrected chi connectivity index (χ3v) is 9.11. The standard InChI is InChI=1S/C27H34N7O10P/c1-4-17(5-2)12-41-26(37)16(3)32-45(40,44-19-8-6-18(7-9-19)34(38)39)42-14-27(13-28)24(36)22(35)23(43-27)20-10-11-21-25(29)30-15-31-33(20)21/h6-11,15-17,22-24,35-36H,4-5,12,14H2,1-3H3,(H,32,40)(H2,29,30,31)/t16-,22-,23-,24-,27+,45?/m0/s1. The lowest BCUT2D eigenvalue weighted by Crippen LogP contribution is -2.46. The van der Waals surface area contributed by atoms with E-state index in [4.69, 9.17) is 24.3 Å². The number of rotatable bonds is 14. The van der Waals surface area contributed by atoms with Gasteiger partial charge in [-0.2, -0.15) is 15.4 Å². The van der Waals surface area contributed by atoms with Gasteiger partial charge in [-0.05, 0) is 37.1 Å². The number of carbonyl (C=O) groups excluding carboxylic acids is 1. The van der Waals surface area contributed by atoms with Crippen molar-refractivity contribution in [2.45, 2.75) is 63.6 Å². The van der Waals surface area contributed by atoms with Gasteiger partial charge in [-0.1, -0.05) is 26.7 Å². The Bertz CT molecular complexity index is 1610. The summed E-state index contributed by atoms with van der Waals surface area (Å²) < 4.78 is 37.7. The van der Waals surface area contributed by atoms with E-state index in [1.165, 1.54) is 23.8 Å². The summed E-state index contributed by atoms with van der Waals surface area (Å²) in [7, 11) is -4.62. The molecule has 1 fully saturated rings. The summed E-state index contributed by atoms with van der Waals surface area (Å²) in [5.74, 6) is -0.635. The van der Waals surface area contributed by atoms with Gasteiger partial charge in [-0.25, -0.2) is 14.1 Å². The van der Waals surface area contributed by atoms with Crippen LogP contribution in [0.4, 0.5) is 11.5 Å². The molecular formula is C27H34N7O10P. The monoisotopic (exact) mass is 647 g/mol. The maximum atomic E-state index is 14.1. The molecular weight excluding hydrogens is 613 g/mol. The third-order valence-electron chi connectivity index (χ3n) is 7.48. The molecule has 0 spiro atoms. The number of aromatic nitrogens is 3. The number of aliphatic hydroxyl groups is 2. The van der Waals surface area contributed by atoms with Crippen molar-refractivity contribution in [3.05, 3.63) is 58.5 Å². The van der Waals surface area contributed by atoms with Crippen LogP contribution >= 0.6 is 7.75 Å². The van der Waals surface area contributed by atoms with E-state index in [2.05, 4.69) is 15.2 Å². The summed E-state index contributed by atoms with van der Waals surface area (Å²) in [4.78, 5) is 27.1. The number of nitro groups is 1. The fraction of sp³-hybridized carbons (Fsp3) is 0.481. The largest absolute Gasteiger partial charge is 0.464 e. The molecule has 0 aliphatic carbocycles. The summed E-state index contributed by atoms with van der Waals surface area (Å²) in [6.45, 7) is 4.49. The number of anilines is 1. The van der Waals surface area contributed by atoms with Gasteiger partial charge in [0, 0.05) is 12.1 Å². The van der Waals surface area contributed by atoms with Crippen molar-refractivity contribution >= 4 is 30.7 Å². The smallest absolute Gasteiger partial charge is 0.459 e. The van der Waals surface area contributed by atoms with Crippen LogP contribution in [0, 0.1) is 27.4 Å². The summed E-state index contributed by atoms with van der Waals surface area (Å²) in [5, 5.41) is 49.6. The molecule has 3 aromatic rings. The molecule has 17 nitrogen and oxygen atoms in total. The van der Waals surface area contributed by atoms with Gasteiger partial charge in [-0.3, -0.25) is 19.4 Å². The number of nitriles is 1. The lowest BCUT2D eigenvalue weighted by molar-refractivity contribution is -0.384. The predicted molar refractivity (Wildman–Crippen MR) is 156 cm³/mol. The van der Waals surface area contributed by atoms with Gasteiger partial charge in [-0.15, -0.1) is 0 Å². The summed E-state index contributed by atoms with van der Waals surface area (Å²) >= 11 is 0. The summed E-state index contributed by atoms with van der Waals surface area (Å²) in [6, 6.07) is 8.17. The highest BCUT2D eigenvalue weighted by atomic mass is 31.2. The fourth-order valence-corrected chi connectivity index (χ4v) is 6.17. The van der Waals surface area contributed by atoms with Crippen molar-refractivity contribution in [2.75, 3.05) is 18.9 Å². The Labute approximate surface area is 257 Å². The molecule has 6 atom stereocenters. The van der Waals surface area contributed by atoms with Gasteiger partial charge >= 0.3 is 13.7 Å². The number of nitrogens with two attached hydrogens (primary N) is 1. The Kier molecular flexibility index (Phi) is 10.4. The molecule has 45 heavy (non-hydrogen) atoms. The van der Waals surface area contributed by atoms with E-state index >= 15 is 0 Å². The number of benzene rings is 1. The summed E-state index contributed by atoms with van der Waals surface area (Å²) in [6.07, 6.45) is -2.10. The molecule has 0 bridgehead atoms. The minimum atomic E-state index is -4.62. The van der Waals surface area contributed by atoms with Crippen LogP contribution in [0.1, 0.15) is 45.4 Å². The molecule has 18 heteroatoms. The Morgan fingerprint density at radius 1 is 1.29 bits per heavy atom. The van der Waals surface area contributed by atoms with Crippen LogP contribution in [-0.2, 0) is 23.4 Å². The van der Waals surface area contributed by atoms with Gasteiger partial charge in [0.15, 0.2) is 5.82 Å². The molecule has 1 aromatic carbocycles. The second kappa shape index (κ2) is 13.9. The third kappa shape index (κ3) is 7.22. The summed E-state index contributed by atoms with van der Waals surface area (Å²) in [5.41, 5.74) is 3.97. The van der Waals surface area contributed by atoms with Crippen LogP contribution in [0.25, 0.3) is 5.52 Å². The maximum Gasteiger partial charge on any atom is 0.459 e. The number of nitrogen functional groups attached to an aromatic ring is 1. The molecule has 4 rings (SSSR count). The number of aliphatic hydroxyl groups excluding tert-OH is 2. The van der Waals surface area contributed by atoms with E-state index < -0.39 is 55.2 Å². The first kappa shape index (κ1) is 33.7. The maximum absolute atomic E-state index is 14.1. The van der Waals surface area contributed by atoms with Crippen LogP contribution in [0.3, 0.4) is 0 Å². The lowest BCUT2D eigenvalue weighted by Gasteiger charge is -2.28. The molecule has 5 N–H and O–H groups in total. The van der Waals surface area contributed by atoms with Crippen molar-refractivity contribution in [3.8, 4) is 11.8 Å². The van der Waals surface area contributed by atoms with Crippen molar-refractivity contribution in [2.24, 2.45) is 5.92 Å².